The molecule has 0 saturated heterocycles. The lowest BCUT2D eigenvalue weighted by atomic mass is 9.85. The third-order valence-corrected chi connectivity index (χ3v) is 6.69. The number of amides is 1. The summed E-state index contributed by atoms with van der Waals surface area (Å²) >= 11 is 0. The molecule has 192 valence electrons. The van der Waals surface area contributed by atoms with Gasteiger partial charge in [-0.3, -0.25) is 4.79 Å². The van der Waals surface area contributed by atoms with Gasteiger partial charge in [0.2, 0.25) is 5.91 Å². The van der Waals surface area contributed by atoms with Gasteiger partial charge in [0.25, 0.3) is 0 Å². The number of alkyl halides is 3. The highest BCUT2D eigenvalue weighted by atomic mass is 19.4. The van der Waals surface area contributed by atoms with E-state index in [2.05, 4.69) is 20.3 Å². The number of nitrogens with zero attached hydrogens (tertiary/aromatic N) is 4. The largest absolute Gasteiger partial charge is 0.497 e. The van der Waals surface area contributed by atoms with Gasteiger partial charge < -0.3 is 20.4 Å². The van der Waals surface area contributed by atoms with E-state index >= 15 is 0 Å². The van der Waals surface area contributed by atoms with Crippen LogP contribution in [0.1, 0.15) is 37.3 Å². The number of imidazole rings is 1. The van der Waals surface area contributed by atoms with Crippen molar-refractivity contribution in [1.29, 1.82) is 0 Å². The van der Waals surface area contributed by atoms with Gasteiger partial charge in [0.05, 0.1) is 19.0 Å². The average Bonchev–Trinajstić information content (AvgIpc) is 3.33. The van der Waals surface area contributed by atoms with Crippen LogP contribution < -0.4 is 15.8 Å². The van der Waals surface area contributed by atoms with E-state index in [1.807, 2.05) is 22.8 Å². The van der Waals surface area contributed by atoms with Crippen molar-refractivity contribution in [3.63, 3.8) is 0 Å². The van der Waals surface area contributed by atoms with Gasteiger partial charge in [0.15, 0.2) is 17.3 Å². The molecule has 2 aromatic carbocycles. The molecule has 0 atom stereocenters. The minimum atomic E-state index is -4.48. The Kier molecular flexibility index (Phi) is 6.45. The van der Waals surface area contributed by atoms with Crippen LogP contribution in [0, 0.1) is 5.92 Å². The van der Waals surface area contributed by atoms with Crippen molar-refractivity contribution >= 4 is 28.6 Å². The number of carbonyl (C=O) groups is 1. The fourth-order valence-electron chi connectivity index (χ4n) is 4.73. The number of hydrogen-bond donors (Lipinski definition) is 2. The molecular weight excluding hydrogens is 485 g/mol. The zero-order chi connectivity index (χ0) is 26.2. The number of benzene rings is 2. The summed E-state index contributed by atoms with van der Waals surface area (Å²) < 4.78 is 46.7. The fourth-order valence-corrected chi connectivity index (χ4v) is 4.73. The molecule has 5 rings (SSSR count). The Bertz CT molecular complexity index is 1440. The summed E-state index contributed by atoms with van der Waals surface area (Å²) in [5, 5.41) is 2.96. The molecule has 2 aromatic heterocycles. The van der Waals surface area contributed by atoms with Crippen LogP contribution in [0.4, 0.5) is 24.7 Å². The maximum Gasteiger partial charge on any atom is 0.416 e. The van der Waals surface area contributed by atoms with Crippen LogP contribution in [0.3, 0.4) is 0 Å². The molecule has 11 heteroatoms. The number of halogens is 3. The number of nitrogens with one attached hydrogen (secondary N) is 1. The van der Waals surface area contributed by atoms with E-state index in [4.69, 9.17) is 10.5 Å². The number of carbonyl (C=O) groups excluding carboxylic acids is 1. The van der Waals surface area contributed by atoms with Crippen molar-refractivity contribution in [2.75, 3.05) is 18.2 Å². The minimum absolute atomic E-state index is 0.0227. The average molecular weight is 511 g/mol. The molecule has 1 amide bonds. The molecule has 3 N–H and O–H groups in total. The molecule has 0 bridgehead atoms. The van der Waals surface area contributed by atoms with Gasteiger partial charge in [-0.05, 0) is 49.9 Å². The minimum Gasteiger partial charge on any atom is -0.497 e. The molecule has 1 fully saturated rings. The molecular formula is C26H25F3N6O2. The van der Waals surface area contributed by atoms with Gasteiger partial charge in [-0.25, -0.2) is 15.0 Å². The predicted molar refractivity (Wildman–Crippen MR) is 133 cm³/mol. The van der Waals surface area contributed by atoms with E-state index in [0.29, 0.717) is 48.3 Å². The third-order valence-electron chi connectivity index (χ3n) is 6.69. The van der Waals surface area contributed by atoms with Gasteiger partial charge >= 0.3 is 6.18 Å². The van der Waals surface area contributed by atoms with Gasteiger partial charge in [-0.15, -0.1) is 0 Å². The van der Waals surface area contributed by atoms with Gasteiger partial charge in [-0.2, -0.15) is 13.2 Å². The highest BCUT2D eigenvalue weighted by Crippen LogP contribution is 2.36. The first-order chi connectivity index (χ1) is 17.7. The van der Waals surface area contributed by atoms with Crippen molar-refractivity contribution in [3.05, 3.63) is 60.4 Å². The number of nitrogen functional groups attached to an aromatic ring is 1. The zero-order valence-electron chi connectivity index (χ0n) is 20.0. The molecule has 2 heterocycles. The number of nitrogens with two attached hydrogens (primary N) is 1. The quantitative estimate of drug-likeness (QED) is 0.369. The van der Waals surface area contributed by atoms with Crippen LogP contribution in [0.2, 0.25) is 0 Å². The second-order valence-corrected chi connectivity index (χ2v) is 9.06. The predicted octanol–water partition coefficient (Wildman–Crippen LogP) is 5.47. The molecule has 1 aliphatic rings. The van der Waals surface area contributed by atoms with Crippen LogP contribution in [-0.4, -0.2) is 32.5 Å². The van der Waals surface area contributed by atoms with Crippen LogP contribution in [-0.2, 0) is 11.0 Å². The summed E-state index contributed by atoms with van der Waals surface area (Å²) in [4.78, 5) is 25.9. The third kappa shape index (κ3) is 5.07. The SMILES string of the molecule is COc1cccc(NC(=O)C2CCC(n3cnc4c(N)nc(-c5cccc(C(F)(F)F)c5)nc43)CC2)c1. The number of ether oxygens (including phenoxy) is 1. The highest BCUT2D eigenvalue weighted by Gasteiger charge is 2.31. The molecule has 1 aliphatic carbocycles. The van der Waals surface area contributed by atoms with Gasteiger partial charge in [0, 0.05) is 29.3 Å². The van der Waals surface area contributed by atoms with Crippen molar-refractivity contribution in [2.45, 2.75) is 37.9 Å². The fraction of sp³-hybridized carbons (Fsp3) is 0.308. The summed E-state index contributed by atoms with van der Waals surface area (Å²) in [5.41, 5.74) is 7.08. The van der Waals surface area contributed by atoms with Crippen LogP contribution in [0.5, 0.6) is 5.75 Å². The Morgan fingerprint density at radius 1 is 1.08 bits per heavy atom. The van der Waals surface area contributed by atoms with Crippen LogP contribution in [0.25, 0.3) is 22.6 Å². The van der Waals surface area contributed by atoms with E-state index < -0.39 is 11.7 Å². The number of hydrogen-bond acceptors (Lipinski definition) is 6. The molecule has 4 aromatic rings. The van der Waals surface area contributed by atoms with E-state index in [1.165, 1.54) is 12.1 Å². The maximum absolute atomic E-state index is 13.2. The molecule has 1 saturated carbocycles. The number of anilines is 2. The van der Waals surface area contributed by atoms with Crippen molar-refractivity contribution in [1.82, 2.24) is 19.5 Å². The maximum atomic E-state index is 13.2. The summed E-state index contributed by atoms with van der Waals surface area (Å²) in [6, 6.07) is 12.1. The first-order valence-electron chi connectivity index (χ1n) is 11.9. The number of fused-ring (bicyclic) bond motifs is 1. The summed E-state index contributed by atoms with van der Waals surface area (Å²) in [5.74, 6) is 0.684. The highest BCUT2D eigenvalue weighted by molar-refractivity contribution is 5.92. The van der Waals surface area contributed by atoms with Crippen LogP contribution >= 0.6 is 0 Å². The Hall–Kier alpha value is -4.15. The normalized spacial score (nSPS) is 18.1. The molecule has 37 heavy (non-hydrogen) atoms. The van der Waals surface area contributed by atoms with Crippen molar-refractivity contribution in [3.8, 4) is 17.1 Å². The lowest BCUT2D eigenvalue weighted by Gasteiger charge is -2.28. The van der Waals surface area contributed by atoms with Crippen LogP contribution in [0.15, 0.2) is 54.9 Å². The molecule has 8 nitrogen and oxygen atoms in total. The van der Waals surface area contributed by atoms with Gasteiger partial charge in [-0.1, -0.05) is 18.2 Å². The molecule has 0 aliphatic heterocycles. The Balaban J connectivity index is 1.34. The lowest BCUT2D eigenvalue weighted by molar-refractivity contribution is -0.137. The van der Waals surface area contributed by atoms with E-state index in [9.17, 15) is 18.0 Å². The number of rotatable bonds is 5. The topological polar surface area (TPSA) is 108 Å². The molecule has 0 unspecified atom stereocenters. The van der Waals surface area contributed by atoms with E-state index in [1.54, 1.807) is 19.5 Å². The number of methoxy groups -OCH3 is 1. The van der Waals surface area contributed by atoms with Crippen molar-refractivity contribution < 1.29 is 22.7 Å². The second-order valence-electron chi connectivity index (χ2n) is 9.06. The second kappa shape index (κ2) is 9.72. The first-order valence-corrected chi connectivity index (χ1v) is 11.9. The summed E-state index contributed by atoms with van der Waals surface area (Å²) in [6.45, 7) is 0. The smallest absolute Gasteiger partial charge is 0.416 e. The summed E-state index contributed by atoms with van der Waals surface area (Å²) in [7, 11) is 1.57. The molecule has 0 radical (unpaired) electrons. The van der Waals surface area contributed by atoms with E-state index in [-0.39, 0.29) is 35.1 Å². The zero-order valence-corrected chi connectivity index (χ0v) is 20.0. The van der Waals surface area contributed by atoms with Gasteiger partial charge in [0.1, 0.15) is 11.3 Å². The monoisotopic (exact) mass is 510 g/mol. The Morgan fingerprint density at radius 2 is 1.84 bits per heavy atom. The standard InChI is InChI=1S/C26H25F3N6O2/c1-37-20-7-3-6-18(13-20)32-25(36)15-8-10-19(11-9-15)35-14-31-21-22(30)33-23(34-24(21)35)16-4-2-5-17(12-16)26(27,28)29/h2-7,12-15,19H,8-11H2,1H3,(H,32,36)(H2,30,33,34). The summed E-state index contributed by atoms with van der Waals surface area (Å²) in [6.07, 6.45) is -0.0881. The molecule has 0 spiro atoms. The Labute approximate surface area is 210 Å². The van der Waals surface area contributed by atoms with Crippen molar-refractivity contribution in [2.24, 2.45) is 5.92 Å². The lowest BCUT2D eigenvalue weighted by Crippen LogP contribution is -2.28. The Morgan fingerprint density at radius 3 is 2.57 bits per heavy atom. The first kappa shape index (κ1) is 24.5. The number of aromatic nitrogens is 4. The van der Waals surface area contributed by atoms with E-state index in [0.717, 1.165) is 12.1 Å².